The fourth-order valence-electron chi connectivity index (χ4n) is 6.53. The second-order valence-electron chi connectivity index (χ2n) is 14.4. The Hall–Kier alpha value is -6.06. The normalized spacial score (nSPS) is 11.8. The minimum atomic E-state index is -5.09. The number of nitrogens with one attached hydrogen (secondary N) is 3. The average molecular weight is 799 g/mol. The Kier molecular flexibility index (Phi) is 12.7. The van der Waals surface area contributed by atoms with Crippen LogP contribution in [0.15, 0.2) is 73.8 Å². The summed E-state index contributed by atoms with van der Waals surface area (Å²) < 4.78 is 80.8. The fourth-order valence-corrected chi connectivity index (χ4v) is 6.53. The Morgan fingerprint density at radius 3 is 1.42 bits per heavy atom. The van der Waals surface area contributed by atoms with Crippen molar-refractivity contribution in [3.05, 3.63) is 169 Å². The molecule has 5 aromatic rings. The van der Waals surface area contributed by atoms with E-state index in [1.807, 2.05) is 24.9 Å². The zero-order valence-corrected chi connectivity index (χ0v) is 32.2. The third-order valence-corrected chi connectivity index (χ3v) is 8.77. The van der Waals surface area contributed by atoms with Crippen molar-refractivity contribution >= 4 is 11.6 Å². The van der Waals surface area contributed by atoms with Crippen LogP contribution in [0.5, 0.6) is 0 Å². The molecule has 0 saturated heterocycles. The largest absolute Gasteiger partial charge is 0.416 e. The van der Waals surface area contributed by atoms with Gasteiger partial charge in [0.25, 0.3) is 11.1 Å². The molecule has 5 rings (SSSR count). The summed E-state index contributed by atoms with van der Waals surface area (Å²) >= 11 is 0. The molecule has 0 fully saturated rings. The molecule has 3 aromatic carbocycles. The Balaban J connectivity index is 0.000000290. The summed E-state index contributed by atoms with van der Waals surface area (Å²) in [5.41, 5.74) is -3.04. The molecule has 0 atom stereocenters. The van der Waals surface area contributed by atoms with Gasteiger partial charge in [0, 0.05) is 22.3 Å². The van der Waals surface area contributed by atoms with Crippen molar-refractivity contribution in [3.8, 4) is 0 Å². The molecule has 0 amide bonds. The molecular weight excluding hydrogens is 758 g/mol. The predicted octanol–water partition coefficient (Wildman–Crippen LogP) is 7.63. The zero-order valence-electron chi connectivity index (χ0n) is 32.2. The first-order valence-electron chi connectivity index (χ1n) is 17.6. The molecule has 0 bridgehead atoms. The lowest BCUT2D eigenvalue weighted by molar-refractivity contribution is -0.143. The van der Waals surface area contributed by atoms with Gasteiger partial charge in [0.2, 0.25) is 11.6 Å². The lowest BCUT2D eigenvalue weighted by Gasteiger charge is -2.19. The van der Waals surface area contributed by atoms with E-state index in [1.54, 1.807) is 59.7 Å². The van der Waals surface area contributed by atoms with Crippen LogP contribution in [0.1, 0.15) is 122 Å². The molecule has 16 heteroatoms. The minimum absolute atomic E-state index is 0.0275. The van der Waals surface area contributed by atoms with Crippen molar-refractivity contribution in [2.45, 2.75) is 86.1 Å². The number of hydrogen-bond donors (Lipinski definition) is 3. The summed E-state index contributed by atoms with van der Waals surface area (Å²) in [5.74, 6) is -1.86. The first kappa shape index (κ1) is 43.7. The van der Waals surface area contributed by atoms with E-state index in [0.29, 0.717) is 39.0 Å². The molecule has 0 unspecified atom stereocenters. The second kappa shape index (κ2) is 16.6. The van der Waals surface area contributed by atoms with Crippen LogP contribution in [0, 0.1) is 27.7 Å². The van der Waals surface area contributed by atoms with Gasteiger partial charge in [0.05, 0.1) is 23.4 Å². The second-order valence-corrected chi connectivity index (χ2v) is 14.4. The van der Waals surface area contributed by atoms with Gasteiger partial charge >= 0.3 is 23.7 Å². The van der Waals surface area contributed by atoms with Crippen LogP contribution in [0.2, 0.25) is 0 Å². The van der Waals surface area contributed by atoms with Crippen LogP contribution >= 0.6 is 0 Å². The number of benzene rings is 3. The van der Waals surface area contributed by atoms with Gasteiger partial charge in [-0.25, -0.2) is 9.59 Å². The molecule has 0 saturated carbocycles. The number of H-pyrrole nitrogens is 3. The number of aromatic nitrogens is 4. The van der Waals surface area contributed by atoms with Gasteiger partial charge in [0.15, 0.2) is 0 Å². The quantitative estimate of drug-likeness (QED) is 0.108. The third-order valence-electron chi connectivity index (χ3n) is 8.77. The van der Waals surface area contributed by atoms with Gasteiger partial charge in [-0.1, -0.05) is 62.1 Å². The van der Waals surface area contributed by atoms with Crippen LogP contribution < -0.4 is 22.5 Å². The maximum Gasteiger partial charge on any atom is 0.416 e. The molecule has 302 valence electrons. The van der Waals surface area contributed by atoms with Crippen LogP contribution in [0.3, 0.4) is 0 Å². The predicted molar refractivity (Wildman–Crippen MR) is 201 cm³/mol. The lowest BCUT2D eigenvalue weighted by atomic mass is 9.95. The van der Waals surface area contributed by atoms with Crippen LogP contribution in [-0.4, -0.2) is 31.1 Å². The minimum Gasteiger partial charge on any atom is -0.304 e. The number of ketones is 2. The number of carbonyl (C=O) groups is 2. The van der Waals surface area contributed by atoms with Crippen LogP contribution in [0.25, 0.3) is 0 Å². The van der Waals surface area contributed by atoms with Crippen LogP contribution in [0.4, 0.5) is 26.3 Å². The molecule has 0 aliphatic carbocycles. The molecule has 0 radical (unpaired) electrons. The summed E-state index contributed by atoms with van der Waals surface area (Å²) in [4.78, 5) is 81.7. The summed E-state index contributed by atoms with van der Waals surface area (Å²) in [6.45, 7) is 13.2. The lowest BCUT2D eigenvalue weighted by Crippen LogP contribution is -2.38. The molecule has 0 spiro atoms. The molecule has 3 N–H and O–H groups in total. The molecule has 0 aliphatic rings. The molecule has 10 nitrogen and oxygen atoms in total. The van der Waals surface area contributed by atoms with E-state index in [1.165, 1.54) is 12.1 Å². The topological polar surface area (TPSA) is 155 Å². The van der Waals surface area contributed by atoms with Gasteiger partial charge in [0.1, 0.15) is 5.69 Å². The number of rotatable bonds is 8. The van der Waals surface area contributed by atoms with Crippen molar-refractivity contribution in [2.75, 3.05) is 0 Å². The molecular formula is C41H40F6N4O6. The summed E-state index contributed by atoms with van der Waals surface area (Å²) in [6.07, 6.45) is -10.2. The first-order valence-corrected chi connectivity index (χ1v) is 17.6. The van der Waals surface area contributed by atoms with Crippen molar-refractivity contribution in [2.24, 2.45) is 0 Å². The SMILES string of the molecule is Cc1cc(C)cc(C(=O)c2[nH]c(=O)[nH]c(=O)c2C(C)C)c1.Cc1cc(C)cc(C(=O)c2c(C(C)C)c(=O)[nH]c(=O)n2Cc2cc(C(F)(F)F)cc(C(F)(F)F)c2)c1. The van der Waals surface area contributed by atoms with Crippen molar-refractivity contribution in [3.63, 3.8) is 0 Å². The monoisotopic (exact) mass is 798 g/mol. The van der Waals surface area contributed by atoms with Crippen molar-refractivity contribution in [1.82, 2.24) is 19.5 Å². The molecule has 2 aromatic heterocycles. The number of aromatic amines is 3. The summed E-state index contributed by atoms with van der Waals surface area (Å²) in [7, 11) is 0. The number of hydrogen-bond acceptors (Lipinski definition) is 6. The highest BCUT2D eigenvalue weighted by Gasteiger charge is 2.37. The third kappa shape index (κ3) is 10.2. The molecule has 57 heavy (non-hydrogen) atoms. The van der Waals surface area contributed by atoms with Gasteiger partial charge in [-0.15, -0.1) is 0 Å². The summed E-state index contributed by atoms with van der Waals surface area (Å²) in [6, 6.07) is 11.2. The standard InChI is InChI=1S/C25H22F6N2O3.C16H18N2O3/c1-12(2)19-20(21(34)16-6-13(3)5-14(4)7-16)33(23(36)32-22(19)35)11-15-8-17(24(26,27)28)10-18(9-15)25(29,30)31;1-8(2)12-13(17-16(21)18-15(12)20)14(19)11-6-9(3)5-10(4)7-11/h5-10,12H,11H2,1-4H3,(H,32,35,36);5-8H,1-4H3,(H2,17,18,20,21). The van der Waals surface area contributed by atoms with Crippen molar-refractivity contribution in [1.29, 1.82) is 0 Å². The number of halogens is 6. The number of carbonyl (C=O) groups excluding carboxylic acids is 2. The number of alkyl halides is 6. The Morgan fingerprint density at radius 1 is 0.579 bits per heavy atom. The first-order chi connectivity index (χ1) is 26.3. The van der Waals surface area contributed by atoms with E-state index in [4.69, 9.17) is 0 Å². The molecule has 0 aliphatic heterocycles. The van der Waals surface area contributed by atoms with E-state index in [9.17, 15) is 55.1 Å². The van der Waals surface area contributed by atoms with E-state index in [-0.39, 0.29) is 34.6 Å². The molecule has 2 heterocycles. The number of aryl methyl sites for hydroxylation is 4. The van der Waals surface area contributed by atoms with Gasteiger partial charge < -0.3 is 4.98 Å². The highest BCUT2D eigenvalue weighted by Crippen LogP contribution is 2.36. The van der Waals surface area contributed by atoms with Gasteiger partial charge in [-0.2, -0.15) is 26.3 Å². The van der Waals surface area contributed by atoms with E-state index in [0.717, 1.165) is 11.1 Å². The summed E-state index contributed by atoms with van der Waals surface area (Å²) in [5, 5.41) is 0. The maximum absolute atomic E-state index is 13.6. The van der Waals surface area contributed by atoms with Gasteiger partial charge in [-0.3, -0.25) is 33.7 Å². The highest BCUT2D eigenvalue weighted by molar-refractivity contribution is 6.09. The van der Waals surface area contributed by atoms with E-state index >= 15 is 0 Å². The van der Waals surface area contributed by atoms with Crippen LogP contribution in [-0.2, 0) is 18.9 Å². The average Bonchev–Trinajstić information content (AvgIpc) is 3.06. The highest BCUT2D eigenvalue weighted by atomic mass is 19.4. The Labute approximate surface area is 321 Å². The number of nitrogens with zero attached hydrogens (tertiary/aromatic N) is 1. The Bertz CT molecular complexity index is 2540. The smallest absolute Gasteiger partial charge is 0.304 e. The maximum atomic E-state index is 13.6. The van der Waals surface area contributed by atoms with Crippen molar-refractivity contribution < 1.29 is 35.9 Å². The van der Waals surface area contributed by atoms with Gasteiger partial charge in [-0.05, 0) is 87.6 Å². The Morgan fingerprint density at radius 2 is 1.00 bits per heavy atom. The van der Waals surface area contributed by atoms with E-state index < -0.39 is 75.5 Å². The van der Waals surface area contributed by atoms with E-state index in [2.05, 4.69) is 9.97 Å². The zero-order chi connectivity index (χ0) is 42.9. The fraction of sp³-hybridized carbons (Fsp3) is 0.317.